The monoisotopic (exact) mass is 310 g/mol. The van der Waals surface area contributed by atoms with Gasteiger partial charge in [0.25, 0.3) is 0 Å². The number of rotatable bonds is 1. The molecule has 2 aliphatic carbocycles. The Bertz CT molecular complexity index is 875. The molecule has 1 aromatic carbocycles. The summed E-state index contributed by atoms with van der Waals surface area (Å²) in [5.41, 5.74) is 1.47. The van der Waals surface area contributed by atoms with E-state index >= 15 is 0 Å². The smallest absolute Gasteiger partial charge is 0.302 e. The summed E-state index contributed by atoms with van der Waals surface area (Å²) in [5, 5.41) is 0. The van der Waals surface area contributed by atoms with Gasteiger partial charge in [-0.05, 0) is 12.5 Å². The minimum atomic E-state index is -0.776. The SMILES string of the molecule is CC(=O)O[C@@H]1CC(=O)c2coc3c2[C@@]1(C)c1ccccc1C3=O. The largest absolute Gasteiger partial charge is 0.461 e. The first-order valence-corrected chi connectivity index (χ1v) is 7.41. The molecule has 1 aromatic heterocycles. The first kappa shape index (κ1) is 13.9. The van der Waals surface area contributed by atoms with E-state index in [1.54, 1.807) is 12.1 Å². The summed E-state index contributed by atoms with van der Waals surface area (Å²) in [4.78, 5) is 36.6. The number of benzene rings is 1. The second kappa shape index (κ2) is 4.41. The van der Waals surface area contributed by atoms with Gasteiger partial charge in [-0.1, -0.05) is 24.3 Å². The van der Waals surface area contributed by atoms with E-state index in [1.807, 2.05) is 19.1 Å². The van der Waals surface area contributed by atoms with Crippen LogP contribution in [0.15, 0.2) is 34.9 Å². The van der Waals surface area contributed by atoms with Gasteiger partial charge in [0.1, 0.15) is 12.4 Å². The zero-order chi connectivity index (χ0) is 16.4. The summed E-state index contributed by atoms with van der Waals surface area (Å²) in [5.74, 6) is -0.695. The number of carbonyl (C=O) groups is 3. The molecular formula is C18H14O5. The van der Waals surface area contributed by atoms with Gasteiger partial charge in [-0.2, -0.15) is 0 Å². The van der Waals surface area contributed by atoms with E-state index in [2.05, 4.69) is 0 Å². The molecule has 5 nitrogen and oxygen atoms in total. The Morgan fingerprint density at radius 1 is 1.26 bits per heavy atom. The van der Waals surface area contributed by atoms with Crippen LogP contribution in [0.4, 0.5) is 0 Å². The number of fused-ring (bicyclic) bond motifs is 2. The van der Waals surface area contributed by atoms with Crippen LogP contribution in [0.3, 0.4) is 0 Å². The summed E-state index contributed by atoms with van der Waals surface area (Å²) in [6, 6.07) is 7.20. The first-order chi connectivity index (χ1) is 10.9. The third kappa shape index (κ3) is 1.64. The zero-order valence-electron chi connectivity index (χ0n) is 12.7. The van der Waals surface area contributed by atoms with Crippen LogP contribution in [0.2, 0.25) is 0 Å². The standard InChI is InChI=1S/C18H14O5/c1-9(19)23-14-7-13(20)11-8-22-17-15(11)18(14,2)12-6-4-3-5-10(12)16(17)21/h3-6,8,14H,7H2,1-2H3/t14-,18+/m1/s1. The average Bonchev–Trinajstić information content (AvgIpc) is 2.97. The number of furan rings is 1. The van der Waals surface area contributed by atoms with Crippen molar-refractivity contribution in [2.75, 3.05) is 0 Å². The molecule has 0 unspecified atom stereocenters. The van der Waals surface area contributed by atoms with Gasteiger partial charge < -0.3 is 9.15 Å². The van der Waals surface area contributed by atoms with Crippen molar-refractivity contribution in [3.8, 4) is 0 Å². The zero-order valence-corrected chi connectivity index (χ0v) is 12.7. The highest BCUT2D eigenvalue weighted by Crippen LogP contribution is 2.50. The van der Waals surface area contributed by atoms with Gasteiger partial charge in [0.2, 0.25) is 5.78 Å². The Morgan fingerprint density at radius 3 is 2.74 bits per heavy atom. The lowest BCUT2D eigenvalue weighted by Gasteiger charge is -2.43. The molecule has 0 amide bonds. The second-order valence-corrected chi connectivity index (χ2v) is 6.16. The summed E-state index contributed by atoms with van der Waals surface area (Å²) < 4.78 is 10.9. The van der Waals surface area contributed by atoms with Crippen LogP contribution in [-0.2, 0) is 14.9 Å². The van der Waals surface area contributed by atoms with Crippen LogP contribution < -0.4 is 0 Å². The van der Waals surface area contributed by atoms with Crippen LogP contribution in [-0.4, -0.2) is 23.6 Å². The van der Waals surface area contributed by atoms with Crippen LogP contribution in [0.1, 0.15) is 57.9 Å². The fourth-order valence-corrected chi connectivity index (χ4v) is 3.81. The molecule has 0 radical (unpaired) electrons. The van der Waals surface area contributed by atoms with Crippen molar-refractivity contribution in [3.05, 3.63) is 58.5 Å². The molecule has 1 heterocycles. The predicted molar refractivity (Wildman–Crippen MR) is 79.5 cm³/mol. The van der Waals surface area contributed by atoms with E-state index in [1.165, 1.54) is 13.2 Å². The van der Waals surface area contributed by atoms with Crippen molar-refractivity contribution in [1.82, 2.24) is 0 Å². The predicted octanol–water partition coefficient (Wildman–Crippen LogP) is 2.65. The van der Waals surface area contributed by atoms with Crippen molar-refractivity contribution in [3.63, 3.8) is 0 Å². The number of carbonyl (C=O) groups excluding carboxylic acids is 3. The molecule has 0 saturated carbocycles. The van der Waals surface area contributed by atoms with Crippen molar-refractivity contribution in [1.29, 1.82) is 0 Å². The van der Waals surface area contributed by atoms with E-state index < -0.39 is 17.5 Å². The molecule has 2 atom stereocenters. The maximum Gasteiger partial charge on any atom is 0.302 e. The van der Waals surface area contributed by atoms with Crippen LogP contribution in [0.25, 0.3) is 0 Å². The highest BCUT2D eigenvalue weighted by atomic mass is 16.5. The van der Waals surface area contributed by atoms with Gasteiger partial charge in [-0.15, -0.1) is 0 Å². The van der Waals surface area contributed by atoms with Gasteiger partial charge >= 0.3 is 5.97 Å². The Balaban J connectivity index is 2.05. The molecule has 0 spiro atoms. The number of ether oxygens (including phenoxy) is 1. The quantitative estimate of drug-likeness (QED) is 0.757. The molecule has 0 N–H and O–H groups in total. The van der Waals surface area contributed by atoms with Gasteiger partial charge in [0.05, 0.1) is 11.0 Å². The van der Waals surface area contributed by atoms with Crippen LogP contribution >= 0.6 is 0 Å². The average molecular weight is 310 g/mol. The highest BCUT2D eigenvalue weighted by molar-refractivity contribution is 6.14. The Morgan fingerprint density at radius 2 is 2.00 bits per heavy atom. The number of Topliss-reactive ketones (excluding diaryl/α,β-unsaturated/α-hetero) is 1. The number of hydrogen-bond acceptors (Lipinski definition) is 5. The summed E-state index contributed by atoms with van der Waals surface area (Å²) in [6.45, 7) is 3.22. The molecule has 2 aromatic rings. The third-order valence-corrected chi connectivity index (χ3v) is 4.87. The van der Waals surface area contributed by atoms with E-state index in [9.17, 15) is 14.4 Å². The molecular weight excluding hydrogens is 296 g/mol. The Labute approximate surface area is 132 Å². The van der Waals surface area contributed by atoms with Crippen molar-refractivity contribution in [2.45, 2.75) is 31.8 Å². The summed E-state index contributed by atoms with van der Waals surface area (Å²) in [6.07, 6.45) is 0.759. The lowest BCUT2D eigenvalue weighted by Crippen LogP contribution is -2.49. The lowest BCUT2D eigenvalue weighted by molar-refractivity contribution is -0.149. The number of hydrogen-bond donors (Lipinski definition) is 0. The van der Waals surface area contributed by atoms with Crippen molar-refractivity contribution < 1.29 is 23.5 Å². The van der Waals surface area contributed by atoms with Gasteiger partial charge in [-0.3, -0.25) is 14.4 Å². The lowest BCUT2D eigenvalue weighted by atomic mass is 9.61. The molecule has 5 heteroatoms. The number of ketones is 2. The fourth-order valence-electron chi connectivity index (χ4n) is 3.81. The fraction of sp³-hybridized carbons (Fsp3) is 0.278. The maximum atomic E-state index is 12.7. The molecule has 2 aliphatic rings. The maximum absolute atomic E-state index is 12.7. The van der Waals surface area contributed by atoms with E-state index in [-0.39, 0.29) is 23.7 Å². The van der Waals surface area contributed by atoms with E-state index in [0.717, 1.165) is 5.56 Å². The summed E-state index contributed by atoms with van der Waals surface area (Å²) >= 11 is 0. The summed E-state index contributed by atoms with van der Waals surface area (Å²) in [7, 11) is 0. The topological polar surface area (TPSA) is 73.6 Å². The van der Waals surface area contributed by atoms with E-state index in [4.69, 9.17) is 9.15 Å². The first-order valence-electron chi connectivity index (χ1n) is 7.41. The van der Waals surface area contributed by atoms with Crippen molar-refractivity contribution >= 4 is 17.5 Å². The van der Waals surface area contributed by atoms with Gasteiger partial charge in [0, 0.05) is 24.5 Å². The second-order valence-electron chi connectivity index (χ2n) is 6.16. The van der Waals surface area contributed by atoms with Crippen molar-refractivity contribution in [2.24, 2.45) is 0 Å². The number of esters is 1. The van der Waals surface area contributed by atoms with Gasteiger partial charge in [0.15, 0.2) is 11.5 Å². The molecule has 23 heavy (non-hydrogen) atoms. The molecule has 116 valence electrons. The van der Waals surface area contributed by atoms with Crippen LogP contribution in [0, 0.1) is 0 Å². The normalized spacial score (nSPS) is 24.9. The highest BCUT2D eigenvalue weighted by Gasteiger charge is 2.54. The van der Waals surface area contributed by atoms with E-state index in [0.29, 0.717) is 16.7 Å². The minimum Gasteiger partial charge on any atom is -0.461 e. The minimum absolute atomic E-state index is 0.0740. The Hall–Kier alpha value is -2.69. The molecule has 4 rings (SSSR count). The van der Waals surface area contributed by atoms with Gasteiger partial charge in [-0.25, -0.2) is 0 Å². The molecule has 0 bridgehead atoms. The third-order valence-electron chi connectivity index (χ3n) is 4.87. The Kier molecular flexibility index (Phi) is 2.67. The molecule has 0 saturated heterocycles. The molecule has 0 aliphatic heterocycles. The van der Waals surface area contributed by atoms with Crippen LogP contribution in [0.5, 0.6) is 0 Å². The molecule has 0 fully saturated rings.